The van der Waals surface area contributed by atoms with Gasteiger partial charge in [-0.3, -0.25) is 4.90 Å². The Labute approximate surface area is 94.7 Å². The molecule has 0 aromatic carbocycles. The van der Waals surface area contributed by atoms with E-state index in [9.17, 15) is 4.79 Å². The summed E-state index contributed by atoms with van der Waals surface area (Å²) in [6, 6.07) is -0.0870. The average Bonchev–Trinajstić information content (AvgIpc) is 2.70. The predicted octanol–water partition coefficient (Wildman–Crippen LogP) is 1.83. The summed E-state index contributed by atoms with van der Waals surface area (Å²) in [6.45, 7) is 0.608. The van der Waals surface area contributed by atoms with Crippen LogP contribution in [0.4, 0.5) is 4.79 Å². The number of likely N-dealkylation sites (tertiary alicyclic amines) is 1. The van der Waals surface area contributed by atoms with Crippen LogP contribution in [0.2, 0.25) is 0 Å². The van der Waals surface area contributed by atoms with E-state index in [2.05, 4.69) is 32.6 Å². The van der Waals surface area contributed by atoms with Crippen molar-refractivity contribution in [3.63, 3.8) is 0 Å². The molecule has 0 aliphatic carbocycles. The molecule has 1 aliphatic rings. The average molecular weight is 307 g/mol. The van der Waals surface area contributed by atoms with Crippen LogP contribution in [0, 0.1) is 3.70 Å². The summed E-state index contributed by atoms with van der Waals surface area (Å²) in [7, 11) is 0. The van der Waals surface area contributed by atoms with E-state index >= 15 is 0 Å². The first-order valence-corrected chi connectivity index (χ1v) is 5.46. The van der Waals surface area contributed by atoms with Gasteiger partial charge in [0.1, 0.15) is 5.82 Å². The van der Waals surface area contributed by atoms with Gasteiger partial charge in [0.15, 0.2) is 0 Å². The smallest absolute Gasteiger partial charge is 0.407 e. The maximum atomic E-state index is 10.9. The van der Waals surface area contributed by atoms with Crippen molar-refractivity contribution >= 4 is 28.7 Å². The van der Waals surface area contributed by atoms with Crippen LogP contribution in [-0.2, 0) is 0 Å². The van der Waals surface area contributed by atoms with E-state index in [1.165, 1.54) is 4.90 Å². The summed E-state index contributed by atoms with van der Waals surface area (Å²) in [5.74, 6) is 0.759. The Hall–Kier alpha value is -0.790. The molecular formula is C8H10IN3O2. The maximum absolute atomic E-state index is 10.9. The summed E-state index contributed by atoms with van der Waals surface area (Å²) in [5.41, 5.74) is 0. The first-order valence-electron chi connectivity index (χ1n) is 4.38. The maximum Gasteiger partial charge on any atom is 0.407 e. The van der Waals surface area contributed by atoms with Gasteiger partial charge in [0.25, 0.3) is 0 Å². The number of H-pyrrole nitrogens is 1. The van der Waals surface area contributed by atoms with Crippen LogP contribution in [0.3, 0.4) is 0 Å². The normalized spacial score (nSPS) is 21.5. The van der Waals surface area contributed by atoms with Crippen LogP contribution in [0.15, 0.2) is 6.20 Å². The molecule has 1 saturated heterocycles. The number of hydrogen-bond donors (Lipinski definition) is 2. The van der Waals surface area contributed by atoms with Gasteiger partial charge in [0.2, 0.25) is 0 Å². The first-order chi connectivity index (χ1) is 6.68. The van der Waals surface area contributed by atoms with E-state index in [1.54, 1.807) is 6.20 Å². The third-order valence-corrected chi connectivity index (χ3v) is 2.93. The fraction of sp³-hybridized carbons (Fsp3) is 0.500. The van der Waals surface area contributed by atoms with Gasteiger partial charge < -0.3 is 10.1 Å². The minimum atomic E-state index is -0.862. The Morgan fingerprint density at radius 2 is 2.57 bits per heavy atom. The number of halogens is 1. The largest absolute Gasteiger partial charge is 0.465 e. The molecule has 1 atom stereocenters. The quantitative estimate of drug-likeness (QED) is 0.778. The zero-order valence-corrected chi connectivity index (χ0v) is 9.56. The van der Waals surface area contributed by atoms with E-state index in [1.807, 2.05) is 0 Å². The number of aromatic nitrogens is 2. The molecule has 0 radical (unpaired) electrons. The molecular weight excluding hydrogens is 297 g/mol. The first kappa shape index (κ1) is 9.75. The number of carbonyl (C=O) groups is 1. The fourth-order valence-corrected chi connectivity index (χ4v) is 2.18. The van der Waals surface area contributed by atoms with Crippen LogP contribution in [-0.4, -0.2) is 32.6 Å². The zero-order chi connectivity index (χ0) is 10.1. The molecule has 2 heterocycles. The highest BCUT2D eigenvalue weighted by molar-refractivity contribution is 14.1. The van der Waals surface area contributed by atoms with Gasteiger partial charge in [0.05, 0.1) is 15.9 Å². The van der Waals surface area contributed by atoms with Crippen molar-refractivity contribution in [3.05, 3.63) is 15.7 Å². The SMILES string of the molecule is O=C(O)N1CCC[C@H]1c1ncc(I)[nH]1. The summed E-state index contributed by atoms with van der Waals surface area (Å²) in [5, 5.41) is 8.93. The Morgan fingerprint density at radius 3 is 3.14 bits per heavy atom. The molecule has 1 aromatic rings. The highest BCUT2D eigenvalue weighted by Gasteiger charge is 2.31. The number of nitrogens with zero attached hydrogens (tertiary/aromatic N) is 2. The highest BCUT2D eigenvalue weighted by Crippen LogP contribution is 2.29. The number of rotatable bonds is 1. The Bertz CT molecular complexity index is 352. The Balaban J connectivity index is 2.21. The monoisotopic (exact) mass is 307 g/mol. The molecule has 0 saturated carbocycles. The van der Waals surface area contributed by atoms with Crippen LogP contribution in [0.1, 0.15) is 24.7 Å². The van der Waals surface area contributed by atoms with Crippen LogP contribution in [0.25, 0.3) is 0 Å². The lowest BCUT2D eigenvalue weighted by molar-refractivity contribution is 0.139. The van der Waals surface area contributed by atoms with Crippen LogP contribution < -0.4 is 0 Å². The molecule has 5 nitrogen and oxygen atoms in total. The third-order valence-electron chi connectivity index (χ3n) is 2.38. The summed E-state index contributed by atoms with van der Waals surface area (Å²) in [4.78, 5) is 19.5. The van der Waals surface area contributed by atoms with Crippen molar-refractivity contribution in [3.8, 4) is 0 Å². The topological polar surface area (TPSA) is 69.2 Å². The number of amides is 1. The molecule has 1 amide bonds. The van der Waals surface area contributed by atoms with Gasteiger partial charge >= 0.3 is 6.09 Å². The number of carboxylic acid groups (broad SMARTS) is 1. The fourth-order valence-electron chi connectivity index (χ4n) is 1.76. The second-order valence-corrected chi connectivity index (χ2v) is 4.41. The second kappa shape index (κ2) is 3.76. The van der Waals surface area contributed by atoms with Crippen LogP contribution >= 0.6 is 22.6 Å². The molecule has 1 aromatic heterocycles. The molecule has 0 bridgehead atoms. The minimum Gasteiger partial charge on any atom is -0.465 e. The molecule has 76 valence electrons. The van der Waals surface area contributed by atoms with Crippen molar-refractivity contribution in [2.45, 2.75) is 18.9 Å². The highest BCUT2D eigenvalue weighted by atomic mass is 127. The van der Waals surface area contributed by atoms with E-state index in [-0.39, 0.29) is 6.04 Å². The molecule has 1 aliphatic heterocycles. The van der Waals surface area contributed by atoms with E-state index in [0.717, 1.165) is 22.4 Å². The third kappa shape index (κ3) is 1.70. The van der Waals surface area contributed by atoms with Crippen molar-refractivity contribution < 1.29 is 9.90 Å². The lowest BCUT2D eigenvalue weighted by atomic mass is 10.2. The van der Waals surface area contributed by atoms with Crippen molar-refractivity contribution in [2.24, 2.45) is 0 Å². The second-order valence-electron chi connectivity index (χ2n) is 3.25. The molecule has 0 unspecified atom stereocenters. The van der Waals surface area contributed by atoms with Gasteiger partial charge in [-0.25, -0.2) is 9.78 Å². The van der Waals surface area contributed by atoms with Gasteiger partial charge in [0, 0.05) is 6.54 Å². The lowest BCUT2D eigenvalue weighted by Gasteiger charge is -2.19. The molecule has 6 heteroatoms. The van der Waals surface area contributed by atoms with Crippen LogP contribution in [0.5, 0.6) is 0 Å². The molecule has 2 rings (SSSR count). The van der Waals surface area contributed by atoms with E-state index in [4.69, 9.17) is 5.11 Å². The summed E-state index contributed by atoms with van der Waals surface area (Å²) >= 11 is 2.13. The van der Waals surface area contributed by atoms with E-state index < -0.39 is 6.09 Å². The summed E-state index contributed by atoms with van der Waals surface area (Å²) < 4.78 is 0.940. The predicted molar refractivity (Wildman–Crippen MR) is 58.0 cm³/mol. The van der Waals surface area contributed by atoms with Gasteiger partial charge in [-0.05, 0) is 35.4 Å². The van der Waals surface area contributed by atoms with E-state index in [0.29, 0.717) is 6.54 Å². The Kier molecular flexibility index (Phi) is 2.62. The van der Waals surface area contributed by atoms with Gasteiger partial charge in [-0.15, -0.1) is 0 Å². The van der Waals surface area contributed by atoms with Crippen molar-refractivity contribution in [1.29, 1.82) is 0 Å². The zero-order valence-electron chi connectivity index (χ0n) is 7.40. The lowest BCUT2D eigenvalue weighted by Crippen LogP contribution is -2.29. The van der Waals surface area contributed by atoms with Gasteiger partial charge in [-0.2, -0.15) is 0 Å². The van der Waals surface area contributed by atoms with Gasteiger partial charge in [-0.1, -0.05) is 0 Å². The molecule has 1 fully saturated rings. The van der Waals surface area contributed by atoms with Crippen molar-refractivity contribution in [1.82, 2.24) is 14.9 Å². The number of hydrogen-bond acceptors (Lipinski definition) is 2. The number of aromatic amines is 1. The number of nitrogens with one attached hydrogen (secondary N) is 1. The molecule has 0 spiro atoms. The molecule has 14 heavy (non-hydrogen) atoms. The standard InChI is InChI=1S/C8H10IN3O2/c9-6-4-10-7(11-6)5-2-1-3-12(5)8(13)14/h4-5H,1-3H2,(H,10,11)(H,13,14)/t5-/m0/s1. The minimum absolute atomic E-state index is 0.0870. The summed E-state index contributed by atoms with van der Waals surface area (Å²) in [6.07, 6.45) is 2.62. The Morgan fingerprint density at radius 1 is 1.79 bits per heavy atom. The molecule has 2 N–H and O–H groups in total. The number of imidazole rings is 1. The van der Waals surface area contributed by atoms with Crippen molar-refractivity contribution in [2.75, 3.05) is 6.54 Å².